The third-order valence-electron chi connectivity index (χ3n) is 2.67. The van der Waals surface area contributed by atoms with Crippen LogP contribution in [-0.4, -0.2) is 27.4 Å². The summed E-state index contributed by atoms with van der Waals surface area (Å²) in [4.78, 5) is 23.3. The van der Waals surface area contributed by atoms with Gasteiger partial charge in [0.2, 0.25) is 0 Å². The number of furan rings is 1. The highest BCUT2D eigenvalue weighted by Crippen LogP contribution is 2.23. The molecule has 2 N–H and O–H groups in total. The monoisotopic (exact) mass is 288 g/mol. The quantitative estimate of drug-likeness (QED) is 0.753. The summed E-state index contributed by atoms with van der Waals surface area (Å²) in [6, 6.07) is 3.61. The van der Waals surface area contributed by atoms with E-state index in [1.807, 2.05) is 6.07 Å². The average Bonchev–Trinajstić information content (AvgIpc) is 3.20. The Morgan fingerprint density at radius 2 is 2.45 bits per heavy atom. The van der Waals surface area contributed by atoms with Crippen molar-refractivity contribution in [2.24, 2.45) is 0 Å². The van der Waals surface area contributed by atoms with Crippen LogP contribution in [0.4, 0.5) is 0 Å². The molecule has 0 aromatic carbocycles. The van der Waals surface area contributed by atoms with Crippen LogP contribution in [0.5, 0.6) is 0 Å². The summed E-state index contributed by atoms with van der Waals surface area (Å²) in [6.07, 6.45) is 5.69. The number of nitrogens with zero attached hydrogens (tertiary/aromatic N) is 2. The Hall–Kier alpha value is -2.41. The largest absolute Gasteiger partial charge is 0.462 e. The Balaban J connectivity index is 1.57. The van der Waals surface area contributed by atoms with Gasteiger partial charge in [0.05, 0.1) is 6.26 Å². The second-order valence-electron chi connectivity index (χ2n) is 4.06. The Bertz CT molecular complexity index is 673. The van der Waals surface area contributed by atoms with Gasteiger partial charge in [-0.3, -0.25) is 4.79 Å². The molecule has 1 amide bonds. The fourth-order valence-electron chi connectivity index (χ4n) is 1.71. The van der Waals surface area contributed by atoms with Gasteiger partial charge in [0.15, 0.2) is 10.8 Å². The van der Waals surface area contributed by atoms with Gasteiger partial charge in [-0.05, 0) is 12.1 Å². The summed E-state index contributed by atoms with van der Waals surface area (Å²) in [6.45, 7) is 0.514. The Morgan fingerprint density at radius 3 is 3.20 bits per heavy atom. The van der Waals surface area contributed by atoms with E-state index in [9.17, 15) is 4.79 Å². The van der Waals surface area contributed by atoms with E-state index in [2.05, 4.69) is 20.3 Å². The fourth-order valence-corrected chi connectivity index (χ4v) is 2.48. The molecule has 0 bridgehead atoms. The summed E-state index contributed by atoms with van der Waals surface area (Å²) in [5.41, 5.74) is 0.404. The maximum atomic E-state index is 11.9. The van der Waals surface area contributed by atoms with E-state index < -0.39 is 0 Å². The molecule has 3 rings (SSSR count). The predicted molar refractivity (Wildman–Crippen MR) is 74.4 cm³/mol. The van der Waals surface area contributed by atoms with Gasteiger partial charge in [0.25, 0.3) is 5.91 Å². The van der Waals surface area contributed by atoms with Crippen LogP contribution in [0.15, 0.2) is 40.6 Å². The van der Waals surface area contributed by atoms with Gasteiger partial charge >= 0.3 is 0 Å². The number of nitrogens with one attached hydrogen (secondary N) is 2. The van der Waals surface area contributed by atoms with Gasteiger partial charge in [-0.1, -0.05) is 0 Å². The van der Waals surface area contributed by atoms with Crippen LogP contribution in [-0.2, 0) is 6.42 Å². The van der Waals surface area contributed by atoms with E-state index in [1.54, 1.807) is 30.1 Å². The van der Waals surface area contributed by atoms with E-state index in [4.69, 9.17) is 4.42 Å². The standard InChI is InChI=1S/C13H12N4O2S/c18-12(16-4-3-11-14-5-6-15-11)9-8-20-13(17-9)10-2-1-7-19-10/h1-2,5-8H,3-4H2,(H,14,15)(H,16,18). The summed E-state index contributed by atoms with van der Waals surface area (Å²) in [5, 5.41) is 5.23. The molecule has 0 aliphatic heterocycles. The molecule has 102 valence electrons. The number of thiazole rings is 1. The normalized spacial score (nSPS) is 10.6. The highest BCUT2D eigenvalue weighted by Gasteiger charge is 2.12. The van der Waals surface area contributed by atoms with E-state index in [1.165, 1.54) is 11.3 Å². The van der Waals surface area contributed by atoms with Crippen molar-refractivity contribution >= 4 is 17.2 Å². The predicted octanol–water partition coefficient (Wildman–Crippen LogP) is 2.10. The Kier molecular flexibility index (Phi) is 3.60. The van der Waals surface area contributed by atoms with Crippen molar-refractivity contribution in [2.45, 2.75) is 6.42 Å². The number of hydrogen-bond acceptors (Lipinski definition) is 5. The lowest BCUT2D eigenvalue weighted by molar-refractivity contribution is 0.0950. The van der Waals surface area contributed by atoms with Gasteiger partial charge < -0.3 is 14.7 Å². The molecule has 3 aromatic rings. The number of amides is 1. The lowest BCUT2D eigenvalue weighted by Crippen LogP contribution is -2.26. The first-order valence-corrected chi connectivity index (χ1v) is 6.97. The van der Waals surface area contributed by atoms with Crippen molar-refractivity contribution in [3.63, 3.8) is 0 Å². The lowest BCUT2D eigenvalue weighted by Gasteiger charge is -2.00. The Morgan fingerprint density at radius 1 is 1.50 bits per heavy atom. The van der Waals surface area contributed by atoms with Crippen molar-refractivity contribution in [1.29, 1.82) is 0 Å². The first-order valence-electron chi connectivity index (χ1n) is 6.09. The van der Waals surface area contributed by atoms with Gasteiger partial charge in [-0.2, -0.15) is 0 Å². The highest BCUT2D eigenvalue weighted by molar-refractivity contribution is 7.13. The molecule has 3 aromatic heterocycles. The molecule has 0 atom stereocenters. The lowest BCUT2D eigenvalue weighted by atomic mass is 10.4. The molecule has 7 heteroatoms. The van der Waals surface area contributed by atoms with Gasteiger partial charge in [0, 0.05) is 30.7 Å². The minimum Gasteiger partial charge on any atom is -0.462 e. The second-order valence-corrected chi connectivity index (χ2v) is 4.92. The van der Waals surface area contributed by atoms with Crippen molar-refractivity contribution in [3.8, 4) is 10.8 Å². The minimum atomic E-state index is -0.189. The van der Waals surface area contributed by atoms with E-state index in [-0.39, 0.29) is 5.91 Å². The van der Waals surface area contributed by atoms with E-state index in [0.717, 1.165) is 5.82 Å². The number of hydrogen-bond donors (Lipinski definition) is 2. The average molecular weight is 288 g/mol. The third kappa shape index (κ3) is 2.77. The highest BCUT2D eigenvalue weighted by atomic mass is 32.1. The molecule has 6 nitrogen and oxygen atoms in total. The zero-order valence-electron chi connectivity index (χ0n) is 10.5. The number of rotatable bonds is 5. The zero-order chi connectivity index (χ0) is 13.8. The molecule has 0 saturated heterocycles. The molecule has 0 radical (unpaired) electrons. The maximum absolute atomic E-state index is 11.9. The number of H-pyrrole nitrogens is 1. The van der Waals surface area contributed by atoms with Gasteiger partial charge in [-0.15, -0.1) is 11.3 Å². The fraction of sp³-hybridized carbons (Fsp3) is 0.154. The van der Waals surface area contributed by atoms with Gasteiger partial charge in [0.1, 0.15) is 11.5 Å². The first kappa shape index (κ1) is 12.6. The van der Waals surface area contributed by atoms with Crippen LogP contribution < -0.4 is 5.32 Å². The topological polar surface area (TPSA) is 83.8 Å². The smallest absolute Gasteiger partial charge is 0.270 e. The number of carbonyl (C=O) groups excluding carboxylic acids is 1. The first-order chi connectivity index (χ1) is 9.83. The molecule has 0 aliphatic carbocycles. The van der Waals surface area contributed by atoms with E-state index in [0.29, 0.717) is 29.4 Å². The number of aromatic amines is 1. The molecular weight excluding hydrogens is 276 g/mol. The van der Waals surface area contributed by atoms with Crippen LogP contribution in [0.25, 0.3) is 10.8 Å². The molecule has 20 heavy (non-hydrogen) atoms. The Labute approximate surface area is 118 Å². The zero-order valence-corrected chi connectivity index (χ0v) is 11.3. The maximum Gasteiger partial charge on any atom is 0.270 e. The summed E-state index contributed by atoms with van der Waals surface area (Å²) < 4.78 is 5.25. The van der Waals surface area contributed by atoms with E-state index >= 15 is 0 Å². The van der Waals surface area contributed by atoms with Crippen molar-refractivity contribution in [3.05, 3.63) is 47.7 Å². The molecular formula is C13H12N4O2S. The number of carbonyl (C=O) groups is 1. The molecule has 0 fully saturated rings. The SMILES string of the molecule is O=C(NCCc1ncc[nH]1)c1csc(-c2ccco2)n1. The van der Waals surface area contributed by atoms with Crippen LogP contribution >= 0.6 is 11.3 Å². The summed E-state index contributed by atoms with van der Waals surface area (Å²) in [7, 11) is 0. The summed E-state index contributed by atoms with van der Waals surface area (Å²) in [5.74, 6) is 1.33. The van der Waals surface area contributed by atoms with Crippen molar-refractivity contribution in [1.82, 2.24) is 20.3 Å². The van der Waals surface area contributed by atoms with Crippen LogP contribution in [0, 0.1) is 0 Å². The van der Waals surface area contributed by atoms with Crippen molar-refractivity contribution in [2.75, 3.05) is 6.54 Å². The van der Waals surface area contributed by atoms with Crippen LogP contribution in [0.1, 0.15) is 16.3 Å². The molecule has 0 spiro atoms. The number of aromatic nitrogens is 3. The molecule has 0 unspecified atom stereocenters. The van der Waals surface area contributed by atoms with Crippen LogP contribution in [0.2, 0.25) is 0 Å². The summed E-state index contributed by atoms with van der Waals surface area (Å²) >= 11 is 1.38. The molecule has 0 saturated carbocycles. The second kappa shape index (κ2) is 5.70. The van der Waals surface area contributed by atoms with Gasteiger partial charge in [-0.25, -0.2) is 9.97 Å². The molecule has 3 heterocycles. The van der Waals surface area contributed by atoms with Crippen molar-refractivity contribution < 1.29 is 9.21 Å². The molecule has 0 aliphatic rings. The van der Waals surface area contributed by atoms with Crippen LogP contribution in [0.3, 0.4) is 0 Å². The number of imidazole rings is 1. The third-order valence-corrected chi connectivity index (χ3v) is 3.53. The minimum absolute atomic E-state index is 0.189.